The van der Waals surface area contributed by atoms with Gasteiger partial charge in [-0.1, -0.05) is 13.8 Å². The second-order valence-electron chi connectivity index (χ2n) is 5.72. The third-order valence-electron chi connectivity index (χ3n) is 5.04. The van der Waals surface area contributed by atoms with E-state index in [1.165, 1.54) is 51.9 Å². The van der Waals surface area contributed by atoms with E-state index in [1.807, 2.05) is 0 Å². The van der Waals surface area contributed by atoms with Crippen LogP contribution < -0.4 is 5.32 Å². The third-order valence-corrected chi connectivity index (χ3v) is 6.63. The Bertz CT molecular complexity index is 232. The Hall–Kier alpha value is 0.270. The van der Waals surface area contributed by atoms with Gasteiger partial charge in [-0.2, -0.15) is 11.8 Å². The topological polar surface area (TPSA) is 15.3 Å². The summed E-state index contributed by atoms with van der Waals surface area (Å²) < 4.78 is 0.468. The minimum absolute atomic E-state index is 0.468. The molecular weight excluding hydrogens is 228 g/mol. The van der Waals surface area contributed by atoms with Crippen LogP contribution in [0, 0.1) is 5.92 Å². The summed E-state index contributed by atoms with van der Waals surface area (Å²) in [6.07, 6.45) is 7.61. The fourth-order valence-electron chi connectivity index (χ4n) is 3.40. The number of fused-ring (bicyclic) bond motifs is 2. The van der Waals surface area contributed by atoms with Crippen molar-refractivity contribution < 1.29 is 0 Å². The lowest BCUT2D eigenvalue weighted by atomic mass is 9.93. The molecule has 2 fully saturated rings. The molecule has 3 unspecified atom stereocenters. The normalized spacial score (nSPS) is 33.0. The molecule has 0 saturated carbocycles. The van der Waals surface area contributed by atoms with Crippen molar-refractivity contribution in [2.24, 2.45) is 5.92 Å². The molecule has 2 aliphatic rings. The van der Waals surface area contributed by atoms with Crippen molar-refractivity contribution in [1.82, 2.24) is 10.2 Å². The molecule has 0 aromatic rings. The van der Waals surface area contributed by atoms with Gasteiger partial charge in [0.05, 0.1) is 0 Å². The summed E-state index contributed by atoms with van der Waals surface area (Å²) in [5.41, 5.74) is 0. The van der Waals surface area contributed by atoms with Gasteiger partial charge in [0.1, 0.15) is 0 Å². The third kappa shape index (κ3) is 2.99. The molecule has 0 aliphatic carbocycles. The van der Waals surface area contributed by atoms with Crippen LogP contribution in [-0.2, 0) is 0 Å². The van der Waals surface area contributed by atoms with Gasteiger partial charge in [0, 0.05) is 23.9 Å². The SMILES string of the molecule is CCC(CC)(CNC1CCN2CCC1C2)SC. The summed E-state index contributed by atoms with van der Waals surface area (Å²) in [5.74, 6) is 0.928. The molecule has 0 radical (unpaired) electrons. The van der Waals surface area contributed by atoms with Crippen molar-refractivity contribution >= 4 is 11.8 Å². The number of hydrogen-bond donors (Lipinski definition) is 1. The van der Waals surface area contributed by atoms with E-state index in [4.69, 9.17) is 0 Å². The summed E-state index contributed by atoms with van der Waals surface area (Å²) in [6, 6.07) is 0.790. The summed E-state index contributed by atoms with van der Waals surface area (Å²) >= 11 is 2.05. The first-order valence-corrected chi connectivity index (χ1v) is 8.46. The Morgan fingerprint density at radius 1 is 1.24 bits per heavy atom. The van der Waals surface area contributed by atoms with Crippen LogP contribution in [0.3, 0.4) is 0 Å². The van der Waals surface area contributed by atoms with E-state index in [2.05, 4.69) is 42.1 Å². The molecule has 2 heterocycles. The van der Waals surface area contributed by atoms with Crippen LogP contribution in [0.2, 0.25) is 0 Å². The zero-order valence-electron chi connectivity index (χ0n) is 11.7. The van der Waals surface area contributed by atoms with E-state index in [-0.39, 0.29) is 0 Å². The zero-order chi connectivity index (χ0) is 12.3. The first kappa shape index (κ1) is 13.7. The quantitative estimate of drug-likeness (QED) is 0.786. The average Bonchev–Trinajstić information content (AvgIpc) is 2.76. The van der Waals surface area contributed by atoms with Gasteiger partial charge in [-0.25, -0.2) is 0 Å². The molecule has 2 rings (SSSR count). The molecule has 0 aromatic heterocycles. The molecule has 0 amide bonds. The number of piperidine rings is 1. The summed E-state index contributed by atoms with van der Waals surface area (Å²) in [5, 5.41) is 3.90. The highest BCUT2D eigenvalue weighted by Gasteiger charge is 2.35. The Morgan fingerprint density at radius 3 is 2.59 bits per heavy atom. The number of thioether (sulfide) groups is 1. The maximum Gasteiger partial charge on any atom is 0.0276 e. The lowest BCUT2D eigenvalue weighted by molar-refractivity contribution is 0.217. The highest BCUT2D eigenvalue weighted by atomic mass is 32.2. The minimum atomic E-state index is 0.468. The highest BCUT2D eigenvalue weighted by molar-refractivity contribution is 8.00. The molecule has 1 N–H and O–H groups in total. The lowest BCUT2D eigenvalue weighted by Gasteiger charge is -2.36. The van der Waals surface area contributed by atoms with Crippen molar-refractivity contribution in [3.63, 3.8) is 0 Å². The maximum absolute atomic E-state index is 3.90. The Balaban J connectivity index is 1.84. The number of nitrogens with zero attached hydrogens (tertiary/aromatic N) is 1. The number of nitrogens with one attached hydrogen (secondary N) is 1. The molecule has 3 atom stereocenters. The van der Waals surface area contributed by atoms with E-state index >= 15 is 0 Å². The fraction of sp³-hybridized carbons (Fsp3) is 1.00. The Kier molecular flexibility index (Phi) is 4.79. The molecule has 0 spiro atoms. The van der Waals surface area contributed by atoms with E-state index in [9.17, 15) is 0 Å². The smallest absolute Gasteiger partial charge is 0.0276 e. The first-order valence-electron chi connectivity index (χ1n) is 7.24. The van der Waals surface area contributed by atoms with Gasteiger partial charge < -0.3 is 10.2 Å². The van der Waals surface area contributed by atoms with Crippen LogP contribution in [0.25, 0.3) is 0 Å². The molecule has 2 aliphatic heterocycles. The van der Waals surface area contributed by atoms with Gasteiger partial charge in [-0.05, 0) is 50.9 Å². The molecule has 2 saturated heterocycles. The van der Waals surface area contributed by atoms with Crippen molar-refractivity contribution in [2.75, 3.05) is 32.4 Å². The van der Waals surface area contributed by atoms with Gasteiger partial charge in [-0.3, -0.25) is 0 Å². The molecule has 3 heteroatoms. The van der Waals surface area contributed by atoms with Crippen LogP contribution in [0.4, 0.5) is 0 Å². The second kappa shape index (κ2) is 5.94. The number of hydrogen-bond acceptors (Lipinski definition) is 3. The van der Waals surface area contributed by atoms with Crippen LogP contribution in [-0.4, -0.2) is 48.1 Å². The van der Waals surface area contributed by atoms with Gasteiger partial charge >= 0.3 is 0 Å². The lowest BCUT2D eigenvalue weighted by Crippen LogP contribution is -2.48. The monoisotopic (exact) mass is 256 g/mol. The predicted molar refractivity (Wildman–Crippen MR) is 77.8 cm³/mol. The van der Waals surface area contributed by atoms with Crippen molar-refractivity contribution in [3.8, 4) is 0 Å². The van der Waals surface area contributed by atoms with Gasteiger partial charge in [0.2, 0.25) is 0 Å². The highest BCUT2D eigenvalue weighted by Crippen LogP contribution is 2.32. The van der Waals surface area contributed by atoms with Crippen LogP contribution >= 0.6 is 11.8 Å². The maximum atomic E-state index is 3.90. The molecule has 17 heavy (non-hydrogen) atoms. The first-order chi connectivity index (χ1) is 8.23. The number of rotatable bonds is 6. The van der Waals surface area contributed by atoms with E-state index in [1.54, 1.807) is 0 Å². The van der Waals surface area contributed by atoms with Crippen molar-refractivity contribution in [2.45, 2.75) is 50.3 Å². The van der Waals surface area contributed by atoms with E-state index in [0.717, 1.165) is 12.0 Å². The summed E-state index contributed by atoms with van der Waals surface area (Å²) in [6.45, 7) is 9.88. The van der Waals surface area contributed by atoms with Crippen molar-refractivity contribution in [1.29, 1.82) is 0 Å². The average molecular weight is 256 g/mol. The second-order valence-corrected chi connectivity index (χ2v) is 6.99. The van der Waals surface area contributed by atoms with E-state index < -0.39 is 0 Å². The Morgan fingerprint density at radius 2 is 1.94 bits per heavy atom. The van der Waals surface area contributed by atoms with Gasteiger partial charge in [0.25, 0.3) is 0 Å². The molecule has 2 nitrogen and oxygen atoms in total. The molecule has 2 bridgehead atoms. The molecule has 0 aromatic carbocycles. The summed E-state index contributed by atoms with van der Waals surface area (Å²) in [4.78, 5) is 2.63. The van der Waals surface area contributed by atoms with Crippen LogP contribution in [0.1, 0.15) is 39.5 Å². The zero-order valence-corrected chi connectivity index (χ0v) is 12.5. The predicted octanol–water partition coefficient (Wildman–Crippen LogP) is 2.59. The van der Waals surface area contributed by atoms with Gasteiger partial charge in [-0.15, -0.1) is 0 Å². The molecular formula is C14H28N2S. The fourth-order valence-corrected chi connectivity index (χ4v) is 4.20. The largest absolute Gasteiger partial charge is 0.312 e. The Labute approximate surface area is 111 Å². The van der Waals surface area contributed by atoms with E-state index in [0.29, 0.717) is 4.75 Å². The standard InChI is InChI=1S/C14H28N2S/c1-4-14(5-2,17-3)11-15-13-7-9-16-8-6-12(13)10-16/h12-13,15H,4-11H2,1-3H3. The minimum Gasteiger partial charge on any atom is -0.312 e. The van der Waals surface area contributed by atoms with Crippen LogP contribution in [0.15, 0.2) is 0 Å². The summed E-state index contributed by atoms with van der Waals surface area (Å²) in [7, 11) is 0. The van der Waals surface area contributed by atoms with Crippen LogP contribution in [0.5, 0.6) is 0 Å². The van der Waals surface area contributed by atoms with Gasteiger partial charge in [0.15, 0.2) is 0 Å². The molecule has 100 valence electrons. The van der Waals surface area contributed by atoms with Crippen molar-refractivity contribution in [3.05, 3.63) is 0 Å².